The normalized spacial score (nSPS) is 23.5. The van der Waals surface area contributed by atoms with Crippen molar-refractivity contribution in [1.29, 1.82) is 0 Å². The quantitative estimate of drug-likeness (QED) is 0.837. The van der Waals surface area contributed by atoms with Crippen LogP contribution in [0.2, 0.25) is 0 Å². The van der Waals surface area contributed by atoms with Crippen LogP contribution in [0.25, 0.3) is 0 Å². The Hall–Kier alpha value is -0.320. The fourth-order valence-electron chi connectivity index (χ4n) is 3.46. The molecule has 3 N–H and O–H groups in total. The largest absolute Gasteiger partial charge is 0.381 e. The van der Waals surface area contributed by atoms with Gasteiger partial charge in [0.25, 0.3) is 0 Å². The molecule has 2 fully saturated rings. The molecule has 5 heteroatoms. The Labute approximate surface area is 135 Å². The van der Waals surface area contributed by atoms with Crippen LogP contribution in [0.5, 0.6) is 0 Å². The smallest absolute Gasteiger partial charge is 0.227 e. The van der Waals surface area contributed by atoms with E-state index < -0.39 is 0 Å². The van der Waals surface area contributed by atoms with E-state index in [1.54, 1.807) is 0 Å². The number of nitrogens with one attached hydrogen (secondary N) is 1. The van der Waals surface area contributed by atoms with Gasteiger partial charge < -0.3 is 15.8 Å². The SMILES string of the molecule is Cl.NCC1(C(=O)NCC2CCCCCCC2)CCOCC1. The third-order valence-electron chi connectivity index (χ3n) is 5.10. The number of carbonyl (C=O) groups excluding carboxylic acids is 1. The van der Waals surface area contributed by atoms with E-state index in [-0.39, 0.29) is 23.7 Å². The first-order valence-electron chi connectivity index (χ1n) is 8.33. The predicted molar refractivity (Wildman–Crippen MR) is 87.6 cm³/mol. The Bertz CT molecular complexity index is 299. The van der Waals surface area contributed by atoms with Gasteiger partial charge in [-0.25, -0.2) is 0 Å². The Morgan fingerprint density at radius 1 is 1.10 bits per heavy atom. The summed E-state index contributed by atoms with van der Waals surface area (Å²) in [6.45, 7) is 2.59. The van der Waals surface area contributed by atoms with Gasteiger partial charge >= 0.3 is 0 Å². The van der Waals surface area contributed by atoms with Crippen molar-refractivity contribution < 1.29 is 9.53 Å². The van der Waals surface area contributed by atoms with Gasteiger partial charge in [-0.3, -0.25) is 4.79 Å². The average molecular weight is 319 g/mol. The minimum Gasteiger partial charge on any atom is -0.381 e. The first kappa shape index (κ1) is 18.7. The molecule has 0 radical (unpaired) electrons. The number of amides is 1. The van der Waals surface area contributed by atoms with Crippen LogP contribution in [-0.2, 0) is 9.53 Å². The Balaban J connectivity index is 0.00000220. The molecule has 2 rings (SSSR count). The van der Waals surface area contributed by atoms with Crippen molar-refractivity contribution in [2.24, 2.45) is 17.1 Å². The number of rotatable bonds is 4. The molecule has 0 aromatic rings. The van der Waals surface area contributed by atoms with Gasteiger partial charge in [-0.2, -0.15) is 0 Å². The fraction of sp³-hybridized carbons (Fsp3) is 0.938. The number of hydrogen-bond acceptors (Lipinski definition) is 3. The Morgan fingerprint density at radius 3 is 2.24 bits per heavy atom. The highest BCUT2D eigenvalue weighted by Gasteiger charge is 2.38. The van der Waals surface area contributed by atoms with Crippen LogP contribution < -0.4 is 11.1 Å². The second-order valence-electron chi connectivity index (χ2n) is 6.52. The summed E-state index contributed by atoms with van der Waals surface area (Å²) in [6, 6.07) is 0. The molecule has 0 bridgehead atoms. The van der Waals surface area contributed by atoms with Crippen LogP contribution in [0.15, 0.2) is 0 Å². The molecule has 0 atom stereocenters. The van der Waals surface area contributed by atoms with Crippen molar-refractivity contribution in [3.63, 3.8) is 0 Å². The lowest BCUT2D eigenvalue weighted by Gasteiger charge is -2.35. The highest BCUT2D eigenvalue weighted by molar-refractivity contribution is 5.85. The minimum atomic E-state index is -0.375. The summed E-state index contributed by atoms with van der Waals surface area (Å²) in [5, 5.41) is 3.19. The second-order valence-corrected chi connectivity index (χ2v) is 6.52. The van der Waals surface area contributed by atoms with Gasteiger partial charge in [0.1, 0.15) is 0 Å². The van der Waals surface area contributed by atoms with Crippen LogP contribution in [0.1, 0.15) is 57.8 Å². The molecule has 0 unspecified atom stereocenters. The molecule has 1 saturated carbocycles. The molecule has 1 amide bonds. The lowest BCUT2D eigenvalue weighted by molar-refractivity contribution is -0.136. The molecule has 0 aromatic heterocycles. The van der Waals surface area contributed by atoms with E-state index in [0.717, 1.165) is 19.4 Å². The number of nitrogens with two attached hydrogens (primary N) is 1. The average Bonchev–Trinajstić information content (AvgIpc) is 2.46. The second kappa shape index (κ2) is 9.65. The summed E-state index contributed by atoms with van der Waals surface area (Å²) in [5.41, 5.74) is 5.50. The van der Waals surface area contributed by atoms with Crippen molar-refractivity contribution in [2.75, 3.05) is 26.3 Å². The summed E-state index contributed by atoms with van der Waals surface area (Å²) in [7, 11) is 0. The van der Waals surface area contributed by atoms with E-state index >= 15 is 0 Å². The summed E-state index contributed by atoms with van der Waals surface area (Å²) >= 11 is 0. The maximum absolute atomic E-state index is 12.5. The van der Waals surface area contributed by atoms with Gasteiger partial charge in [0.2, 0.25) is 5.91 Å². The summed E-state index contributed by atoms with van der Waals surface area (Å²) in [5.74, 6) is 0.819. The zero-order valence-electron chi connectivity index (χ0n) is 13.1. The van der Waals surface area contributed by atoms with E-state index in [1.807, 2.05) is 0 Å². The first-order valence-corrected chi connectivity index (χ1v) is 8.33. The first-order chi connectivity index (χ1) is 9.77. The van der Waals surface area contributed by atoms with Crippen molar-refractivity contribution in [2.45, 2.75) is 57.8 Å². The van der Waals surface area contributed by atoms with E-state index in [9.17, 15) is 4.79 Å². The maximum Gasteiger partial charge on any atom is 0.227 e. The van der Waals surface area contributed by atoms with Gasteiger partial charge in [0.05, 0.1) is 5.41 Å². The van der Waals surface area contributed by atoms with E-state index in [2.05, 4.69) is 5.32 Å². The summed E-state index contributed by atoms with van der Waals surface area (Å²) in [4.78, 5) is 12.5. The highest BCUT2D eigenvalue weighted by Crippen LogP contribution is 2.30. The third kappa shape index (κ3) is 5.42. The molecule has 21 heavy (non-hydrogen) atoms. The number of hydrogen-bond donors (Lipinski definition) is 2. The standard InChI is InChI=1S/C16H30N2O2.ClH/c17-13-16(8-10-20-11-9-16)15(19)18-12-14-6-4-2-1-3-5-7-14;/h14H,1-13,17H2,(H,18,19);1H. The molecule has 0 spiro atoms. The lowest BCUT2D eigenvalue weighted by atomic mass is 9.79. The predicted octanol–water partition coefficient (Wildman–Crippen LogP) is 2.64. The van der Waals surface area contributed by atoms with Gasteiger partial charge in [-0.15, -0.1) is 12.4 Å². The van der Waals surface area contributed by atoms with Crippen molar-refractivity contribution >= 4 is 18.3 Å². The molecule has 1 aliphatic carbocycles. The van der Waals surface area contributed by atoms with Crippen molar-refractivity contribution in [1.82, 2.24) is 5.32 Å². The van der Waals surface area contributed by atoms with Gasteiger partial charge in [-0.05, 0) is 31.6 Å². The van der Waals surface area contributed by atoms with Crippen LogP contribution >= 0.6 is 12.4 Å². The maximum atomic E-state index is 12.5. The zero-order valence-corrected chi connectivity index (χ0v) is 13.9. The van der Waals surface area contributed by atoms with Crippen LogP contribution in [0.3, 0.4) is 0 Å². The fourth-order valence-corrected chi connectivity index (χ4v) is 3.46. The summed E-state index contributed by atoms with van der Waals surface area (Å²) in [6.07, 6.45) is 10.8. The lowest BCUT2D eigenvalue weighted by Crippen LogP contribution is -2.50. The van der Waals surface area contributed by atoms with E-state index in [4.69, 9.17) is 10.5 Å². The topological polar surface area (TPSA) is 64.4 Å². The molecule has 1 saturated heterocycles. The molecule has 2 aliphatic rings. The molecule has 1 heterocycles. The number of carbonyl (C=O) groups is 1. The Kier molecular flexibility index (Phi) is 8.60. The van der Waals surface area contributed by atoms with Gasteiger partial charge in [0.15, 0.2) is 0 Å². The van der Waals surface area contributed by atoms with Gasteiger partial charge in [-0.1, -0.05) is 32.1 Å². The van der Waals surface area contributed by atoms with E-state index in [0.29, 0.717) is 25.7 Å². The number of ether oxygens (including phenoxy) is 1. The zero-order chi connectivity index (χ0) is 14.3. The monoisotopic (exact) mass is 318 g/mol. The Morgan fingerprint density at radius 2 is 1.67 bits per heavy atom. The molecular formula is C16H31ClN2O2. The molecule has 1 aliphatic heterocycles. The third-order valence-corrected chi connectivity index (χ3v) is 5.10. The van der Waals surface area contributed by atoms with E-state index in [1.165, 1.54) is 44.9 Å². The van der Waals surface area contributed by atoms with Crippen LogP contribution in [-0.4, -0.2) is 32.2 Å². The van der Waals surface area contributed by atoms with Crippen LogP contribution in [0.4, 0.5) is 0 Å². The molecule has 4 nitrogen and oxygen atoms in total. The molecular weight excluding hydrogens is 288 g/mol. The molecule has 0 aromatic carbocycles. The molecule has 124 valence electrons. The minimum absolute atomic E-state index is 0. The van der Waals surface area contributed by atoms with Crippen molar-refractivity contribution in [3.8, 4) is 0 Å². The number of halogens is 1. The highest BCUT2D eigenvalue weighted by atomic mass is 35.5. The van der Waals surface area contributed by atoms with Gasteiger partial charge in [0, 0.05) is 26.3 Å². The van der Waals surface area contributed by atoms with Crippen LogP contribution in [0, 0.1) is 11.3 Å². The summed E-state index contributed by atoms with van der Waals surface area (Å²) < 4.78 is 5.37. The van der Waals surface area contributed by atoms with Crippen molar-refractivity contribution in [3.05, 3.63) is 0 Å².